The summed E-state index contributed by atoms with van der Waals surface area (Å²) in [6, 6.07) is 1.80. The van der Waals surface area contributed by atoms with Crippen LogP contribution in [0.3, 0.4) is 0 Å². The van der Waals surface area contributed by atoms with Gasteiger partial charge in [-0.05, 0) is 26.2 Å². The molecule has 0 aromatic carbocycles. The number of anilines is 1. The fourth-order valence-electron chi connectivity index (χ4n) is 2.22. The highest BCUT2D eigenvalue weighted by atomic mass is 16.7. The van der Waals surface area contributed by atoms with E-state index in [1.807, 2.05) is 20.0 Å². The normalized spacial score (nSPS) is 20.9. The number of aromatic nitrogens is 2. The number of rotatable bonds is 6. The Morgan fingerprint density at radius 2 is 2.33 bits per heavy atom. The van der Waals surface area contributed by atoms with E-state index in [1.54, 1.807) is 10.7 Å². The van der Waals surface area contributed by atoms with Crippen LogP contribution in [0.5, 0.6) is 0 Å². The summed E-state index contributed by atoms with van der Waals surface area (Å²) in [7, 11) is 0. The zero-order chi connectivity index (χ0) is 15.5. The molecule has 1 atom stereocenters. The molecule has 1 saturated heterocycles. The number of hydrogen-bond acceptors (Lipinski definition) is 4. The first-order valence-electron chi connectivity index (χ1n) is 7.49. The molecule has 2 rings (SSSR count). The molecule has 1 fully saturated rings. The van der Waals surface area contributed by atoms with E-state index >= 15 is 0 Å². The van der Waals surface area contributed by atoms with Crippen molar-refractivity contribution in [2.75, 3.05) is 11.9 Å². The summed E-state index contributed by atoms with van der Waals surface area (Å²) in [5.41, 5.74) is 0. The van der Waals surface area contributed by atoms with Crippen LogP contribution in [-0.2, 0) is 20.8 Å². The molecule has 1 aromatic rings. The van der Waals surface area contributed by atoms with Crippen molar-refractivity contribution in [1.29, 1.82) is 0 Å². The van der Waals surface area contributed by atoms with Crippen molar-refractivity contribution in [2.45, 2.75) is 59.0 Å². The molecule has 6 heteroatoms. The Bertz CT molecular complexity index is 482. The summed E-state index contributed by atoms with van der Waals surface area (Å²) < 4.78 is 13.0. The van der Waals surface area contributed by atoms with Crippen molar-refractivity contribution in [3.8, 4) is 0 Å². The molecule has 1 aliphatic heterocycles. The molecule has 1 N–H and O–H groups in total. The van der Waals surface area contributed by atoms with Gasteiger partial charge < -0.3 is 14.8 Å². The van der Waals surface area contributed by atoms with E-state index in [-0.39, 0.29) is 12.0 Å². The van der Waals surface area contributed by atoms with Crippen LogP contribution in [0.2, 0.25) is 0 Å². The molecule has 118 valence electrons. The molecule has 0 bridgehead atoms. The minimum Gasteiger partial charge on any atom is -0.348 e. The summed E-state index contributed by atoms with van der Waals surface area (Å²) in [4.78, 5) is 11.8. The highest BCUT2D eigenvalue weighted by Gasteiger charge is 2.32. The molecular weight excluding hydrogens is 270 g/mol. The van der Waals surface area contributed by atoms with Gasteiger partial charge in [0.25, 0.3) is 0 Å². The fourth-order valence-corrected chi connectivity index (χ4v) is 2.22. The van der Waals surface area contributed by atoms with Crippen molar-refractivity contribution in [1.82, 2.24) is 9.78 Å². The van der Waals surface area contributed by atoms with Crippen molar-refractivity contribution in [3.05, 3.63) is 12.3 Å². The molecule has 2 heterocycles. The van der Waals surface area contributed by atoms with E-state index in [0.717, 1.165) is 6.42 Å². The second-order valence-electron chi connectivity index (χ2n) is 6.35. The Kier molecular flexibility index (Phi) is 5.00. The lowest BCUT2D eigenvalue weighted by atomic mass is 10.1. The third kappa shape index (κ3) is 5.13. The van der Waals surface area contributed by atoms with Gasteiger partial charge in [0, 0.05) is 18.7 Å². The standard InChI is InChI=1S/C15H25N3O3/c1-11(2)5-6-14(19)16-13-7-8-18(17-13)9-12-10-20-15(3,4)21-12/h7-8,11-12H,5-6,9-10H2,1-4H3,(H,16,17,19)/t12-/m1/s1. The van der Waals surface area contributed by atoms with Crippen molar-refractivity contribution in [2.24, 2.45) is 5.92 Å². The molecule has 0 radical (unpaired) electrons. The lowest BCUT2D eigenvalue weighted by molar-refractivity contribution is -0.139. The lowest BCUT2D eigenvalue weighted by Crippen LogP contribution is -2.24. The Balaban J connectivity index is 1.80. The highest BCUT2D eigenvalue weighted by molar-refractivity contribution is 5.89. The van der Waals surface area contributed by atoms with Gasteiger partial charge in [0.1, 0.15) is 6.10 Å². The lowest BCUT2D eigenvalue weighted by Gasteiger charge is -2.16. The van der Waals surface area contributed by atoms with E-state index in [1.165, 1.54) is 0 Å². The van der Waals surface area contributed by atoms with Crippen LogP contribution in [-0.4, -0.2) is 34.2 Å². The molecule has 0 aliphatic carbocycles. The maximum Gasteiger partial charge on any atom is 0.225 e. The Morgan fingerprint density at radius 1 is 1.57 bits per heavy atom. The first-order valence-corrected chi connectivity index (χ1v) is 7.49. The van der Waals surface area contributed by atoms with Crippen LogP contribution < -0.4 is 5.32 Å². The van der Waals surface area contributed by atoms with Crippen LogP contribution >= 0.6 is 0 Å². The predicted octanol–water partition coefficient (Wildman–Crippen LogP) is 2.41. The number of carbonyl (C=O) groups is 1. The van der Waals surface area contributed by atoms with Crippen molar-refractivity contribution in [3.63, 3.8) is 0 Å². The number of amides is 1. The summed E-state index contributed by atoms with van der Waals surface area (Å²) >= 11 is 0. The number of ether oxygens (including phenoxy) is 2. The first-order chi connectivity index (χ1) is 9.84. The zero-order valence-corrected chi connectivity index (χ0v) is 13.3. The van der Waals surface area contributed by atoms with Crippen LogP contribution in [0, 0.1) is 5.92 Å². The van der Waals surface area contributed by atoms with E-state index < -0.39 is 5.79 Å². The second-order valence-corrected chi connectivity index (χ2v) is 6.35. The molecule has 21 heavy (non-hydrogen) atoms. The van der Waals surface area contributed by atoms with Gasteiger partial charge in [0.15, 0.2) is 11.6 Å². The van der Waals surface area contributed by atoms with E-state index in [4.69, 9.17) is 9.47 Å². The molecule has 0 spiro atoms. The number of nitrogens with zero attached hydrogens (tertiary/aromatic N) is 2. The van der Waals surface area contributed by atoms with Crippen LogP contribution in [0.15, 0.2) is 12.3 Å². The predicted molar refractivity (Wildman–Crippen MR) is 79.8 cm³/mol. The Morgan fingerprint density at radius 3 is 2.95 bits per heavy atom. The maximum atomic E-state index is 11.8. The molecule has 0 unspecified atom stereocenters. The summed E-state index contributed by atoms with van der Waals surface area (Å²) in [5.74, 6) is 0.597. The summed E-state index contributed by atoms with van der Waals surface area (Å²) in [6.45, 7) is 9.18. The highest BCUT2D eigenvalue weighted by Crippen LogP contribution is 2.23. The van der Waals surface area contributed by atoms with Gasteiger partial charge >= 0.3 is 0 Å². The second kappa shape index (κ2) is 6.58. The average molecular weight is 295 g/mol. The zero-order valence-electron chi connectivity index (χ0n) is 13.3. The van der Waals surface area contributed by atoms with Gasteiger partial charge in [-0.1, -0.05) is 13.8 Å². The van der Waals surface area contributed by atoms with Gasteiger partial charge in [-0.25, -0.2) is 0 Å². The third-order valence-corrected chi connectivity index (χ3v) is 3.31. The third-order valence-electron chi connectivity index (χ3n) is 3.31. The van der Waals surface area contributed by atoms with Crippen LogP contribution in [0.25, 0.3) is 0 Å². The number of hydrogen-bond donors (Lipinski definition) is 1. The molecular formula is C15H25N3O3. The maximum absolute atomic E-state index is 11.8. The first kappa shape index (κ1) is 16.0. The summed E-state index contributed by atoms with van der Waals surface area (Å²) in [5, 5.41) is 7.15. The topological polar surface area (TPSA) is 65.4 Å². The molecule has 1 amide bonds. The Hall–Kier alpha value is -1.40. The van der Waals surface area contributed by atoms with Gasteiger partial charge in [-0.3, -0.25) is 9.48 Å². The monoisotopic (exact) mass is 295 g/mol. The van der Waals surface area contributed by atoms with E-state index in [0.29, 0.717) is 31.3 Å². The minimum atomic E-state index is -0.522. The van der Waals surface area contributed by atoms with E-state index in [9.17, 15) is 4.79 Å². The van der Waals surface area contributed by atoms with Crippen molar-refractivity contribution >= 4 is 11.7 Å². The molecule has 0 saturated carbocycles. The molecule has 1 aliphatic rings. The number of nitrogens with one attached hydrogen (secondary N) is 1. The van der Waals surface area contributed by atoms with E-state index in [2.05, 4.69) is 24.3 Å². The van der Waals surface area contributed by atoms with Crippen LogP contribution in [0.1, 0.15) is 40.5 Å². The quantitative estimate of drug-likeness (QED) is 0.875. The fraction of sp³-hybridized carbons (Fsp3) is 0.733. The minimum absolute atomic E-state index is 0.00975. The van der Waals surface area contributed by atoms with Gasteiger partial charge in [-0.15, -0.1) is 0 Å². The van der Waals surface area contributed by atoms with Gasteiger partial charge in [0.2, 0.25) is 5.91 Å². The van der Waals surface area contributed by atoms with Crippen molar-refractivity contribution < 1.29 is 14.3 Å². The average Bonchev–Trinajstić information content (AvgIpc) is 2.94. The SMILES string of the molecule is CC(C)CCC(=O)Nc1ccn(C[C@@H]2COC(C)(C)O2)n1. The Labute approximate surface area is 125 Å². The smallest absolute Gasteiger partial charge is 0.225 e. The summed E-state index contributed by atoms with van der Waals surface area (Å²) in [6.07, 6.45) is 3.24. The van der Waals surface area contributed by atoms with Gasteiger partial charge in [0.05, 0.1) is 13.2 Å². The largest absolute Gasteiger partial charge is 0.348 e. The van der Waals surface area contributed by atoms with Gasteiger partial charge in [-0.2, -0.15) is 5.10 Å². The molecule has 6 nitrogen and oxygen atoms in total. The number of carbonyl (C=O) groups excluding carboxylic acids is 1. The molecule has 1 aromatic heterocycles. The van der Waals surface area contributed by atoms with Crippen LogP contribution in [0.4, 0.5) is 5.82 Å².